The Kier molecular flexibility index (Phi) is 7.32. The Morgan fingerprint density at radius 1 is 1.10 bits per heavy atom. The van der Waals surface area contributed by atoms with Crippen molar-refractivity contribution in [3.8, 4) is 0 Å². The van der Waals surface area contributed by atoms with Gasteiger partial charge in [0, 0.05) is 18.5 Å². The van der Waals surface area contributed by atoms with Gasteiger partial charge in [0.1, 0.15) is 0 Å². The second-order valence-corrected chi connectivity index (χ2v) is 4.87. The highest BCUT2D eigenvalue weighted by Gasteiger charge is 2.09. The van der Waals surface area contributed by atoms with Crippen LogP contribution in [0.3, 0.4) is 0 Å². The third-order valence-electron chi connectivity index (χ3n) is 2.86. The summed E-state index contributed by atoms with van der Waals surface area (Å²) < 4.78 is 0. The van der Waals surface area contributed by atoms with Gasteiger partial charge in [-0.25, -0.2) is 0 Å². The molecule has 1 rings (SSSR count). The molecule has 0 saturated heterocycles. The van der Waals surface area contributed by atoms with Crippen LogP contribution in [0.25, 0.3) is 0 Å². The van der Waals surface area contributed by atoms with Crippen molar-refractivity contribution in [2.75, 3.05) is 10.5 Å². The number of aliphatic carboxylic acids is 1. The summed E-state index contributed by atoms with van der Waals surface area (Å²) in [7, 11) is -0.709. The number of unbranched alkanes of at least 4 members (excludes halogenated alkanes) is 2. The minimum Gasteiger partial charge on any atom is -0.481 e. The smallest absolute Gasteiger partial charge is 0.406 e. The molecule has 21 heavy (non-hydrogen) atoms. The maximum atomic E-state index is 11.8. The SMILES string of the molecule is CB(O)Nc1ccccc1NC(=O)CCCCCC(=O)O. The predicted octanol–water partition coefficient (Wildman–Crippen LogP) is 2.18. The molecule has 1 aromatic carbocycles. The van der Waals surface area contributed by atoms with E-state index in [1.54, 1.807) is 25.0 Å². The van der Waals surface area contributed by atoms with Crippen LogP contribution >= 0.6 is 0 Å². The van der Waals surface area contributed by atoms with Crippen LogP contribution < -0.4 is 10.5 Å². The van der Waals surface area contributed by atoms with Crippen molar-refractivity contribution in [2.24, 2.45) is 0 Å². The minimum atomic E-state index is -0.808. The highest BCUT2D eigenvalue weighted by Crippen LogP contribution is 2.21. The van der Waals surface area contributed by atoms with Crippen molar-refractivity contribution < 1.29 is 19.7 Å². The summed E-state index contributed by atoms with van der Waals surface area (Å²) in [6, 6.07) is 7.14. The largest absolute Gasteiger partial charge is 0.481 e. The lowest BCUT2D eigenvalue weighted by Crippen LogP contribution is -2.21. The van der Waals surface area contributed by atoms with Crippen LogP contribution in [0.4, 0.5) is 11.4 Å². The van der Waals surface area contributed by atoms with Crippen molar-refractivity contribution in [1.29, 1.82) is 0 Å². The molecule has 114 valence electrons. The number of carbonyl (C=O) groups is 2. The van der Waals surface area contributed by atoms with Gasteiger partial charge in [-0.3, -0.25) is 9.59 Å². The van der Waals surface area contributed by atoms with Gasteiger partial charge in [0.15, 0.2) is 0 Å². The van der Waals surface area contributed by atoms with Crippen LogP contribution in [-0.4, -0.2) is 29.1 Å². The number of carboxylic acids is 1. The molecule has 0 aliphatic carbocycles. The van der Waals surface area contributed by atoms with Gasteiger partial charge in [0.25, 0.3) is 0 Å². The topological polar surface area (TPSA) is 98.7 Å². The molecule has 4 N–H and O–H groups in total. The monoisotopic (exact) mass is 292 g/mol. The first-order valence-corrected chi connectivity index (χ1v) is 7.04. The van der Waals surface area contributed by atoms with Crippen LogP contribution in [0.15, 0.2) is 24.3 Å². The van der Waals surface area contributed by atoms with E-state index in [1.807, 2.05) is 6.07 Å². The lowest BCUT2D eigenvalue weighted by molar-refractivity contribution is -0.137. The Balaban J connectivity index is 2.39. The molecule has 0 unspecified atom stereocenters. The fraction of sp³-hybridized carbons (Fsp3) is 0.429. The number of benzene rings is 1. The van der Waals surface area contributed by atoms with E-state index in [0.717, 1.165) is 0 Å². The fourth-order valence-corrected chi connectivity index (χ4v) is 1.89. The number of para-hydroxylation sites is 2. The molecule has 0 aliphatic heterocycles. The molecule has 0 radical (unpaired) electrons. The summed E-state index contributed by atoms with van der Waals surface area (Å²) in [5.41, 5.74) is 1.28. The van der Waals surface area contributed by atoms with Crippen LogP contribution in [-0.2, 0) is 9.59 Å². The molecule has 0 saturated carbocycles. The summed E-state index contributed by atoms with van der Waals surface area (Å²) in [6.45, 7) is 1.60. The normalized spacial score (nSPS) is 10.0. The highest BCUT2D eigenvalue weighted by molar-refractivity contribution is 6.53. The number of nitrogens with one attached hydrogen (secondary N) is 2. The Labute approximate surface area is 124 Å². The van der Waals surface area contributed by atoms with E-state index in [-0.39, 0.29) is 12.3 Å². The maximum Gasteiger partial charge on any atom is 0.406 e. The van der Waals surface area contributed by atoms with Gasteiger partial charge < -0.3 is 20.7 Å². The number of carbonyl (C=O) groups excluding carboxylic acids is 1. The molecule has 0 bridgehead atoms. The van der Waals surface area contributed by atoms with Crippen LogP contribution in [0.2, 0.25) is 6.82 Å². The first-order chi connectivity index (χ1) is 9.99. The van der Waals surface area contributed by atoms with Crippen molar-refractivity contribution in [1.82, 2.24) is 0 Å². The van der Waals surface area contributed by atoms with Gasteiger partial charge in [0.05, 0.1) is 5.69 Å². The van der Waals surface area contributed by atoms with Gasteiger partial charge in [-0.05, 0) is 31.8 Å². The standard InChI is InChI=1S/C14H21BN2O4/c1-15(21)17-12-8-6-5-7-11(12)16-13(18)9-3-2-4-10-14(19)20/h5-8,17,21H,2-4,9-10H2,1H3,(H,16,18)(H,19,20). The highest BCUT2D eigenvalue weighted by atomic mass is 16.4. The quantitative estimate of drug-likeness (QED) is 0.413. The van der Waals surface area contributed by atoms with Crippen molar-refractivity contribution in [2.45, 2.75) is 38.9 Å². The van der Waals surface area contributed by atoms with E-state index < -0.39 is 13.0 Å². The average Bonchev–Trinajstić information content (AvgIpc) is 2.39. The second-order valence-electron chi connectivity index (χ2n) is 4.87. The lowest BCUT2D eigenvalue weighted by atomic mass is 9.88. The van der Waals surface area contributed by atoms with E-state index in [0.29, 0.717) is 37.1 Å². The van der Waals surface area contributed by atoms with Gasteiger partial charge in [-0.1, -0.05) is 18.6 Å². The maximum absolute atomic E-state index is 11.8. The molecule has 1 aromatic rings. The molecule has 0 fully saturated rings. The average molecular weight is 292 g/mol. The number of amides is 1. The zero-order valence-electron chi connectivity index (χ0n) is 12.1. The van der Waals surface area contributed by atoms with Gasteiger partial charge in [0.2, 0.25) is 5.91 Å². The first kappa shape index (κ1) is 17.0. The van der Waals surface area contributed by atoms with Gasteiger partial charge >= 0.3 is 13.0 Å². The van der Waals surface area contributed by atoms with Gasteiger partial charge in [-0.2, -0.15) is 0 Å². The third kappa shape index (κ3) is 7.36. The molecule has 1 amide bonds. The Morgan fingerprint density at radius 3 is 2.33 bits per heavy atom. The summed E-state index contributed by atoms with van der Waals surface area (Å²) in [5.74, 6) is -0.928. The summed E-state index contributed by atoms with van der Waals surface area (Å²) in [5, 5.41) is 23.5. The Hall–Kier alpha value is -2.02. The molecule has 0 heterocycles. The van der Waals surface area contributed by atoms with E-state index in [4.69, 9.17) is 5.11 Å². The van der Waals surface area contributed by atoms with Crippen molar-refractivity contribution in [3.63, 3.8) is 0 Å². The summed E-state index contributed by atoms with van der Waals surface area (Å²) >= 11 is 0. The number of carboxylic acid groups (broad SMARTS) is 1. The predicted molar refractivity (Wildman–Crippen MR) is 83.3 cm³/mol. The van der Waals surface area contributed by atoms with E-state index in [2.05, 4.69) is 10.5 Å². The molecule has 0 aliphatic rings. The Morgan fingerprint density at radius 2 is 1.71 bits per heavy atom. The van der Waals surface area contributed by atoms with Crippen molar-refractivity contribution >= 4 is 30.3 Å². The van der Waals surface area contributed by atoms with Crippen molar-refractivity contribution in [3.05, 3.63) is 24.3 Å². The van der Waals surface area contributed by atoms with E-state index in [9.17, 15) is 14.6 Å². The molecule has 0 aromatic heterocycles. The summed E-state index contributed by atoms with van der Waals surface area (Å²) in [6.07, 6.45) is 2.45. The number of hydrogen-bond acceptors (Lipinski definition) is 4. The first-order valence-electron chi connectivity index (χ1n) is 7.04. The zero-order chi connectivity index (χ0) is 15.7. The third-order valence-corrected chi connectivity index (χ3v) is 2.86. The molecule has 0 spiro atoms. The molecular formula is C14H21BN2O4. The molecule has 7 heteroatoms. The lowest BCUT2D eigenvalue weighted by Gasteiger charge is -2.13. The van der Waals surface area contributed by atoms with Crippen LogP contribution in [0.5, 0.6) is 0 Å². The van der Waals surface area contributed by atoms with Crippen LogP contribution in [0.1, 0.15) is 32.1 Å². The zero-order valence-corrected chi connectivity index (χ0v) is 12.1. The molecule has 0 atom stereocenters. The van der Waals surface area contributed by atoms with E-state index in [1.165, 1.54) is 0 Å². The number of rotatable bonds is 9. The molecular weight excluding hydrogens is 271 g/mol. The molecule has 6 nitrogen and oxygen atoms in total. The number of anilines is 2. The fourth-order valence-electron chi connectivity index (χ4n) is 1.89. The second kappa shape index (κ2) is 9.02. The Bertz CT molecular complexity index is 480. The minimum absolute atomic E-state index is 0.120. The van der Waals surface area contributed by atoms with Crippen LogP contribution in [0, 0.1) is 0 Å². The van der Waals surface area contributed by atoms with E-state index >= 15 is 0 Å². The van der Waals surface area contributed by atoms with Gasteiger partial charge in [-0.15, -0.1) is 0 Å². The number of hydrogen-bond donors (Lipinski definition) is 4. The summed E-state index contributed by atoms with van der Waals surface area (Å²) in [4.78, 5) is 22.2.